The number of aromatic hydroxyl groups is 1. The Bertz CT molecular complexity index is 1050. The first kappa shape index (κ1) is 20.7. The van der Waals surface area contributed by atoms with Gasteiger partial charge in [-0.25, -0.2) is 4.39 Å². The highest BCUT2D eigenvalue weighted by atomic mass is 32.2. The average Bonchev–Trinajstić information content (AvgIpc) is 2.74. The van der Waals surface area contributed by atoms with Crippen LogP contribution in [0.4, 0.5) is 4.39 Å². The van der Waals surface area contributed by atoms with E-state index in [1.165, 1.54) is 31.0 Å². The van der Waals surface area contributed by atoms with Gasteiger partial charge >= 0.3 is 5.97 Å². The van der Waals surface area contributed by atoms with Crippen LogP contribution in [-0.4, -0.2) is 18.2 Å². The standard InChI is InChI=1S/C22H19FO5S/c1-27-20(25)12-16(14-7-3-2-4-8-14)22-21(26)18(24)11-15(28-22)13-29-19-10-6-5-9-17(19)23/h2-11,16,26H,12-13H2,1H3/t16-/m0/s1. The first-order valence-electron chi connectivity index (χ1n) is 8.84. The fourth-order valence-electron chi connectivity index (χ4n) is 2.87. The minimum atomic E-state index is -0.699. The molecule has 0 aliphatic heterocycles. The van der Waals surface area contributed by atoms with Gasteiger partial charge in [0.05, 0.1) is 25.2 Å². The molecule has 150 valence electrons. The third-order valence-electron chi connectivity index (χ3n) is 4.32. The molecule has 0 unspecified atom stereocenters. The molecule has 0 aliphatic rings. The SMILES string of the molecule is COC(=O)C[C@@H](c1ccccc1)c1oc(CSc2ccccc2F)cc(=O)c1O. The lowest BCUT2D eigenvalue weighted by Crippen LogP contribution is -2.14. The summed E-state index contributed by atoms with van der Waals surface area (Å²) in [7, 11) is 1.27. The van der Waals surface area contributed by atoms with Crippen LogP contribution in [0.25, 0.3) is 0 Å². The lowest BCUT2D eigenvalue weighted by molar-refractivity contribution is -0.140. The van der Waals surface area contributed by atoms with E-state index in [1.54, 1.807) is 42.5 Å². The number of ether oxygens (including phenoxy) is 1. The molecule has 3 rings (SSSR count). The maximum absolute atomic E-state index is 13.8. The number of carbonyl (C=O) groups excluding carboxylic acids is 1. The average molecular weight is 414 g/mol. The van der Waals surface area contributed by atoms with E-state index in [1.807, 2.05) is 6.07 Å². The van der Waals surface area contributed by atoms with Crippen molar-refractivity contribution in [2.75, 3.05) is 7.11 Å². The molecule has 7 heteroatoms. The largest absolute Gasteiger partial charge is 0.502 e. The number of benzene rings is 2. The van der Waals surface area contributed by atoms with Gasteiger partial charge in [-0.3, -0.25) is 9.59 Å². The van der Waals surface area contributed by atoms with Crippen molar-refractivity contribution in [3.8, 4) is 5.75 Å². The molecule has 0 spiro atoms. The number of hydrogen-bond acceptors (Lipinski definition) is 6. The Balaban J connectivity index is 1.96. The molecule has 0 bridgehead atoms. The molecule has 1 N–H and O–H groups in total. The molecule has 1 atom stereocenters. The molecular weight excluding hydrogens is 395 g/mol. The summed E-state index contributed by atoms with van der Waals surface area (Å²) in [6.07, 6.45) is -0.110. The zero-order valence-corrected chi connectivity index (χ0v) is 16.4. The fourth-order valence-corrected chi connectivity index (χ4v) is 3.69. The zero-order chi connectivity index (χ0) is 20.8. The van der Waals surface area contributed by atoms with Crippen LogP contribution in [0.1, 0.15) is 29.4 Å². The van der Waals surface area contributed by atoms with Gasteiger partial charge in [0.2, 0.25) is 11.2 Å². The first-order valence-corrected chi connectivity index (χ1v) is 9.83. The monoisotopic (exact) mass is 414 g/mol. The summed E-state index contributed by atoms with van der Waals surface area (Å²) >= 11 is 1.17. The van der Waals surface area contributed by atoms with E-state index in [-0.39, 0.29) is 29.5 Å². The predicted octanol–water partition coefficient (Wildman–Crippen LogP) is 4.47. The Kier molecular flexibility index (Phi) is 6.72. The second-order valence-electron chi connectivity index (χ2n) is 6.25. The summed E-state index contributed by atoms with van der Waals surface area (Å²) in [5.41, 5.74) is 0.0661. The molecule has 3 aromatic rings. The molecule has 1 aromatic heterocycles. The van der Waals surface area contributed by atoms with Crippen molar-refractivity contribution in [2.45, 2.75) is 23.0 Å². The molecule has 0 saturated carbocycles. The van der Waals surface area contributed by atoms with Crippen LogP contribution in [0.15, 0.2) is 74.8 Å². The lowest BCUT2D eigenvalue weighted by Gasteiger charge is -2.17. The third-order valence-corrected chi connectivity index (χ3v) is 5.39. The van der Waals surface area contributed by atoms with Crippen molar-refractivity contribution in [3.05, 3.63) is 93.8 Å². The van der Waals surface area contributed by atoms with Crippen LogP contribution < -0.4 is 5.43 Å². The smallest absolute Gasteiger partial charge is 0.306 e. The highest BCUT2D eigenvalue weighted by Gasteiger charge is 2.26. The van der Waals surface area contributed by atoms with Gasteiger partial charge in [0, 0.05) is 11.0 Å². The number of esters is 1. The number of methoxy groups -OCH3 is 1. The molecule has 0 radical (unpaired) electrons. The number of thioether (sulfide) groups is 1. The lowest BCUT2D eigenvalue weighted by atomic mass is 9.92. The summed E-state index contributed by atoms with van der Waals surface area (Å²) in [4.78, 5) is 24.7. The molecule has 2 aromatic carbocycles. The van der Waals surface area contributed by atoms with Gasteiger partial charge in [0.1, 0.15) is 11.6 Å². The Morgan fingerprint density at radius 1 is 1.17 bits per heavy atom. The zero-order valence-electron chi connectivity index (χ0n) is 15.6. The maximum Gasteiger partial charge on any atom is 0.306 e. The van der Waals surface area contributed by atoms with Gasteiger partial charge in [0.25, 0.3) is 0 Å². The second-order valence-corrected chi connectivity index (χ2v) is 7.27. The van der Waals surface area contributed by atoms with Crippen LogP contribution in [-0.2, 0) is 15.3 Å². The second kappa shape index (κ2) is 9.43. The number of halogens is 1. The van der Waals surface area contributed by atoms with Crippen molar-refractivity contribution < 1.29 is 23.4 Å². The van der Waals surface area contributed by atoms with E-state index in [4.69, 9.17) is 9.15 Å². The van der Waals surface area contributed by atoms with Gasteiger partial charge in [-0.05, 0) is 17.7 Å². The van der Waals surface area contributed by atoms with Crippen LogP contribution in [0.5, 0.6) is 5.75 Å². The molecule has 0 amide bonds. The summed E-state index contributed by atoms with van der Waals surface area (Å²) in [6, 6.07) is 16.4. The third kappa shape index (κ3) is 5.06. The summed E-state index contributed by atoms with van der Waals surface area (Å²) in [5.74, 6) is -1.70. The molecule has 5 nitrogen and oxygen atoms in total. The predicted molar refractivity (Wildman–Crippen MR) is 108 cm³/mol. The van der Waals surface area contributed by atoms with Crippen molar-refractivity contribution >= 4 is 17.7 Å². The quantitative estimate of drug-likeness (QED) is 0.454. The van der Waals surface area contributed by atoms with Gasteiger partial charge < -0.3 is 14.3 Å². The van der Waals surface area contributed by atoms with E-state index < -0.39 is 23.1 Å². The molecule has 0 aliphatic carbocycles. The van der Waals surface area contributed by atoms with Crippen molar-refractivity contribution in [3.63, 3.8) is 0 Å². The normalized spacial score (nSPS) is 11.8. The van der Waals surface area contributed by atoms with Gasteiger partial charge in [-0.1, -0.05) is 42.5 Å². The number of hydrogen-bond donors (Lipinski definition) is 1. The van der Waals surface area contributed by atoms with E-state index in [0.29, 0.717) is 10.5 Å². The van der Waals surface area contributed by atoms with Crippen molar-refractivity contribution in [2.24, 2.45) is 0 Å². The van der Waals surface area contributed by atoms with E-state index in [0.717, 1.165) is 0 Å². The summed E-state index contributed by atoms with van der Waals surface area (Å²) < 4.78 is 24.4. The highest BCUT2D eigenvalue weighted by molar-refractivity contribution is 7.98. The topological polar surface area (TPSA) is 76.7 Å². The van der Waals surface area contributed by atoms with E-state index in [2.05, 4.69) is 0 Å². The minimum absolute atomic E-state index is 0.0155. The van der Waals surface area contributed by atoms with Gasteiger partial charge in [-0.15, -0.1) is 11.8 Å². The Hall–Kier alpha value is -3.06. The summed E-state index contributed by atoms with van der Waals surface area (Å²) in [6.45, 7) is 0. The van der Waals surface area contributed by atoms with Crippen molar-refractivity contribution in [1.29, 1.82) is 0 Å². The van der Waals surface area contributed by atoms with Crippen LogP contribution in [0, 0.1) is 5.82 Å². The Labute approximate surface area is 171 Å². The van der Waals surface area contributed by atoms with Gasteiger partial charge in [-0.2, -0.15) is 0 Å². The van der Waals surface area contributed by atoms with Crippen LogP contribution in [0.3, 0.4) is 0 Å². The number of rotatable bonds is 7. The molecule has 29 heavy (non-hydrogen) atoms. The Morgan fingerprint density at radius 3 is 2.55 bits per heavy atom. The summed E-state index contributed by atoms with van der Waals surface area (Å²) in [5, 5.41) is 10.3. The van der Waals surface area contributed by atoms with E-state index >= 15 is 0 Å². The van der Waals surface area contributed by atoms with E-state index in [9.17, 15) is 19.1 Å². The maximum atomic E-state index is 13.8. The highest BCUT2D eigenvalue weighted by Crippen LogP contribution is 2.34. The van der Waals surface area contributed by atoms with Crippen LogP contribution >= 0.6 is 11.8 Å². The Morgan fingerprint density at radius 2 is 1.86 bits per heavy atom. The molecular formula is C22H19FO5S. The fraction of sp³-hybridized carbons (Fsp3) is 0.182. The van der Waals surface area contributed by atoms with Gasteiger partial charge in [0.15, 0.2) is 5.76 Å². The molecule has 0 fully saturated rings. The minimum Gasteiger partial charge on any atom is -0.502 e. The first-order chi connectivity index (χ1) is 14.0. The van der Waals surface area contributed by atoms with Crippen LogP contribution in [0.2, 0.25) is 0 Å². The molecule has 0 saturated heterocycles. The van der Waals surface area contributed by atoms with Crippen molar-refractivity contribution in [1.82, 2.24) is 0 Å². The molecule has 1 heterocycles. The number of carbonyl (C=O) groups is 1.